The van der Waals surface area contributed by atoms with Crippen LogP contribution < -0.4 is 10.6 Å². The van der Waals surface area contributed by atoms with Gasteiger partial charge in [0.1, 0.15) is 6.04 Å². The van der Waals surface area contributed by atoms with Crippen molar-refractivity contribution in [2.24, 2.45) is 0 Å². The van der Waals surface area contributed by atoms with E-state index in [4.69, 9.17) is 0 Å². The average molecular weight is 208 g/mol. The van der Waals surface area contributed by atoms with Gasteiger partial charge in [-0.05, 0) is 5.56 Å². The van der Waals surface area contributed by atoms with Crippen molar-refractivity contribution >= 4 is 11.9 Å². The lowest BCUT2D eigenvalue weighted by Gasteiger charge is -2.06. The fourth-order valence-electron chi connectivity index (χ4n) is 1.45. The van der Waals surface area contributed by atoms with E-state index in [0.717, 1.165) is 5.56 Å². The van der Waals surface area contributed by atoms with Crippen LogP contribution in [0.4, 0.5) is 4.79 Å². The average Bonchev–Trinajstić information content (AvgIpc) is 2.47. The Balaban J connectivity index is 0.00000112. The first kappa shape index (κ1) is 11.2. The zero-order valence-corrected chi connectivity index (χ0v) is 7.99. The van der Waals surface area contributed by atoms with Gasteiger partial charge < -0.3 is 10.8 Å². The second kappa shape index (κ2) is 4.56. The van der Waals surface area contributed by atoms with Crippen molar-refractivity contribution in [2.45, 2.75) is 12.5 Å². The molecule has 80 valence electrons. The van der Waals surface area contributed by atoms with Gasteiger partial charge in [-0.1, -0.05) is 30.3 Å². The van der Waals surface area contributed by atoms with Crippen LogP contribution in [-0.2, 0) is 11.2 Å². The molecule has 0 bridgehead atoms. The molecular formula is C10H12N2O3. The predicted molar refractivity (Wildman–Crippen MR) is 54.2 cm³/mol. The molecule has 0 aromatic heterocycles. The molecule has 1 heterocycles. The number of carbonyl (C=O) groups is 2. The number of rotatable bonds is 2. The van der Waals surface area contributed by atoms with E-state index >= 15 is 0 Å². The van der Waals surface area contributed by atoms with E-state index in [1.165, 1.54) is 0 Å². The highest BCUT2D eigenvalue weighted by atomic mass is 16.2. The Morgan fingerprint density at radius 2 is 1.80 bits per heavy atom. The van der Waals surface area contributed by atoms with E-state index < -0.39 is 12.1 Å². The number of nitrogens with one attached hydrogen (secondary N) is 2. The van der Waals surface area contributed by atoms with E-state index in [9.17, 15) is 9.59 Å². The van der Waals surface area contributed by atoms with Crippen molar-refractivity contribution < 1.29 is 15.1 Å². The number of urea groups is 1. The summed E-state index contributed by atoms with van der Waals surface area (Å²) in [4.78, 5) is 22.0. The van der Waals surface area contributed by atoms with Crippen molar-refractivity contribution in [3.05, 3.63) is 35.9 Å². The molecule has 1 fully saturated rings. The van der Waals surface area contributed by atoms with Crippen LogP contribution in [0.1, 0.15) is 5.56 Å². The third-order valence-electron chi connectivity index (χ3n) is 2.14. The molecule has 1 aromatic rings. The van der Waals surface area contributed by atoms with Gasteiger partial charge in [0.15, 0.2) is 0 Å². The van der Waals surface area contributed by atoms with Crippen LogP contribution in [0.5, 0.6) is 0 Å². The normalized spacial score (nSPS) is 19.1. The Kier molecular flexibility index (Phi) is 3.41. The highest BCUT2D eigenvalue weighted by molar-refractivity contribution is 6.04. The zero-order chi connectivity index (χ0) is 9.97. The quantitative estimate of drug-likeness (QED) is 0.648. The summed E-state index contributed by atoms with van der Waals surface area (Å²) in [7, 11) is 0. The van der Waals surface area contributed by atoms with Gasteiger partial charge in [0.05, 0.1) is 0 Å². The molecule has 1 aliphatic rings. The Labute approximate surface area is 86.8 Å². The topological polar surface area (TPSA) is 89.7 Å². The van der Waals surface area contributed by atoms with Crippen molar-refractivity contribution in [1.82, 2.24) is 10.6 Å². The number of hydrogen-bond acceptors (Lipinski definition) is 2. The summed E-state index contributed by atoms with van der Waals surface area (Å²) in [6, 6.07) is 8.75. The van der Waals surface area contributed by atoms with Gasteiger partial charge in [-0.2, -0.15) is 0 Å². The SMILES string of the molecule is O.O=C1NC(=O)[C@H](Cc2ccccc2)N1. The van der Waals surface area contributed by atoms with Gasteiger partial charge in [-0.15, -0.1) is 0 Å². The number of carbonyl (C=O) groups excluding carboxylic acids is 2. The monoisotopic (exact) mass is 208 g/mol. The van der Waals surface area contributed by atoms with Crippen LogP contribution in [0, 0.1) is 0 Å². The number of imide groups is 1. The lowest BCUT2D eigenvalue weighted by molar-refractivity contribution is -0.120. The van der Waals surface area contributed by atoms with Crippen LogP contribution in [0.2, 0.25) is 0 Å². The molecule has 0 unspecified atom stereocenters. The van der Waals surface area contributed by atoms with Crippen molar-refractivity contribution in [3.8, 4) is 0 Å². The first-order valence-corrected chi connectivity index (χ1v) is 4.41. The van der Waals surface area contributed by atoms with E-state index in [1.807, 2.05) is 30.3 Å². The summed E-state index contributed by atoms with van der Waals surface area (Å²) in [6.07, 6.45) is 0.540. The minimum absolute atomic E-state index is 0. The maximum Gasteiger partial charge on any atom is 0.322 e. The first-order valence-electron chi connectivity index (χ1n) is 4.41. The standard InChI is InChI=1S/C10H10N2O2.H2O/c13-9-8(11-10(14)12-9)6-7-4-2-1-3-5-7;/h1-5,8H,6H2,(H2,11,12,13,14);1H2/t8-;/m0./s1. The van der Waals surface area contributed by atoms with Crippen LogP contribution in [0.25, 0.3) is 0 Å². The van der Waals surface area contributed by atoms with Gasteiger partial charge in [-0.3, -0.25) is 10.1 Å². The van der Waals surface area contributed by atoms with Crippen LogP contribution in [-0.4, -0.2) is 23.5 Å². The third kappa shape index (κ3) is 2.54. The first-order chi connectivity index (χ1) is 6.75. The fourth-order valence-corrected chi connectivity index (χ4v) is 1.45. The fraction of sp³-hybridized carbons (Fsp3) is 0.200. The molecule has 0 saturated carbocycles. The van der Waals surface area contributed by atoms with Gasteiger partial charge in [-0.25, -0.2) is 4.79 Å². The van der Waals surface area contributed by atoms with Crippen molar-refractivity contribution in [3.63, 3.8) is 0 Å². The molecule has 5 heteroatoms. The Morgan fingerprint density at radius 3 is 2.33 bits per heavy atom. The maximum absolute atomic E-state index is 11.2. The number of hydrogen-bond donors (Lipinski definition) is 2. The molecule has 4 N–H and O–H groups in total. The summed E-state index contributed by atoms with van der Waals surface area (Å²) in [5, 5.41) is 4.75. The zero-order valence-electron chi connectivity index (χ0n) is 7.99. The highest BCUT2D eigenvalue weighted by Gasteiger charge is 2.28. The number of amides is 3. The van der Waals surface area contributed by atoms with Gasteiger partial charge in [0.2, 0.25) is 0 Å². The molecular weight excluding hydrogens is 196 g/mol. The van der Waals surface area contributed by atoms with Gasteiger partial charge in [0, 0.05) is 6.42 Å². The molecule has 5 nitrogen and oxygen atoms in total. The molecule has 1 aliphatic heterocycles. The van der Waals surface area contributed by atoms with E-state index in [-0.39, 0.29) is 11.4 Å². The minimum atomic E-state index is -0.426. The predicted octanol–water partition coefficient (Wildman–Crippen LogP) is -0.388. The number of benzene rings is 1. The summed E-state index contributed by atoms with van der Waals surface area (Å²) in [5.74, 6) is -0.251. The summed E-state index contributed by atoms with van der Waals surface area (Å²) < 4.78 is 0. The van der Waals surface area contributed by atoms with E-state index in [1.54, 1.807) is 0 Å². The summed E-state index contributed by atoms with van der Waals surface area (Å²) >= 11 is 0. The molecule has 2 rings (SSSR count). The largest absolute Gasteiger partial charge is 0.412 e. The second-order valence-corrected chi connectivity index (χ2v) is 3.21. The summed E-state index contributed by atoms with van der Waals surface area (Å²) in [5.41, 5.74) is 1.04. The van der Waals surface area contributed by atoms with Crippen LogP contribution >= 0.6 is 0 Å². The second-order valence-electron chi connectivity index (χ2n) is 3.21. The molecule has 0 radical (unpaired) electrons. The summed E-state index contributed by atoms with van der Waals surface area (Å²) in [6.45, 7) is 0. The van der Waals surface area contributed by atoms with E-state index in [0.29, 0.717) is 6.42 Å². The van der Waals surface area contributed by atoms with E-state index in [2.05, 4.69) is 10.6 Å². The Bertz CT molecular complexity index is 364. The molecule has 0 spiro atoms. The molecule has 0 aliphatic carbocycles. The minimum Gasteiger partial charge on any atom is -0.412 e. The molecule has 15 heavy (non-hydrogen) atoms. The molecule has 3 amide bonds. The third-order valence-corrected chi connectivity index (χ3v) is 2.14. The molecule has 1 aromatic carbocycles. The van der Waals surface area contributed by atoms with Gasteiger partial charge in [0.25, 0.3) is 5.91 Å². The van der Waals surface area contributed by atoms with Crippen LogP contribution in [0.3, 0.4) is 0 Å². The Hall–Kier alpha value is -1.88. The molecule has 1 atom stereocenters. The Morgan fingerprint density at radius 1 is 1.13 bits per heavy atom. The van der Waals surface area contributed by atoms with Gasteiger partial charge >= 0.3 is 6.03 Å². The molecule has 1 saturated heterocycles. The highest BCUT2D eigenvalue weighted by Crippen LogP contribution is 2.05. The van der Waals surface area contributed by atoms with Crippen molar-refractivity contribution in [2.75, 3.05) is 0 Å². The lowest BCUT2D eigenvalue weighted by Crippen LogP contribution is -2.30. The smallest absolute Gasteiger partial charge is 0.322 e. The van der Waals surface area contributed by atoms with Crippen LogP contribution in [0.15, 0.2) is 30.3 Å². The lowest BCUT2D eigenvalue weighted by atomic mass is 10.1. The van der Waals surface area contributed by atoms with Crippen molar-refractivity contribution in [1.29, 1.82) is 0 Å². The maximum atomic E-state index is 11.2.